The van der Waals surface area contributed by atoms with E-state index < -0.39 is 0 Å². The van der Waals surface area contributed by atoms with E-state index in [0.717, 1.165) is 0 Å². The maximum atomic E-state index is 11.8. The highest BCUT2D eigenvalue weighted by molar-refractivity contribution is 6.35. The van der Waals surface area contributed by atoms with Gasteiger partial charge in [0, 0.05) is 5.02 Å². The molecule has 20 heavy (non-hydrogen) atoms. The van der Waals surface area contributed by atoms with Crippen LogP contribution < -0.4 is 10.1 Å². The Bertz CT molecular complexity index is 584. The lowest BCUT2D eigenvalue weighted by molar-refractivity contribution is -0.123. The number of furan rings is 1. The summed E-state index contributed by atoms with van der Waals surface area (Å²) < 4.78 is 10.5. The number of amides is 1. The van der Waals surface area contributed by atoms with Crippen LogP contribution in [0.4, 0.5) is 0 Å². The molecule has 1 amide bonds. The third kappa shape index (κ3) is 3.92. The fourth-order valence-corrected chi connectivity index (χ4v) is 2.09. The first kappa shape index (κ1) is 14.8. The van der Waals surface area contributed by atoms with E-state index in [9.17, 15) is 4.79 Å². The molecule has 1 aromatic carbocycles. The number of hydrogen-bond acceptors (Lipinski definition) is 3. The summed E-state index contributed by atoms with van der Waals surface area (Å²) in [6, 6.07) is 8.16. The monoisotopic (exact) mass is 313 g/mol. The summed E-state index contributed by atoms with van der Waals surface area (Å²) in [5, 5.41) is 3.63. The molecule has 1 atom stereocenters. The highest BCUT2D eigenvalue weighted by Gasteiger charge is 2.12. The molecule has 4 nitrogen and oxygen atoms in total. The number of nitrogens with one attached hydrogen (secondary N) is 1. The van der Waals surface area contributed by atoms with Crippen LogP contribution in [-0.4, -0.2) is 12.5 Å². The highest BCUT2D eigenvalue weighted by Crippen LogP contribution is 2.27. The van der Waals surface area contributed by atoms with E-state index in [0.29, 0.717) is 21.6 Å². The van der Waals surface area contributed by atoms with Crippen molar-refractivity contribution in [3.05, 3.63) is 52.4 Å². The topological polar surface area (TPSA) is 51.5 Å². The Labute approximate surface area is 126 Å². The Morgan fingerprint density at radius 3 is 2.85 bits per heavy atom. The Hall–Kier alpha value is -1.65. The number of benzene rings is 1. The summed E-state index contributed by atoms with van der Waals surface area (Å²) in [6.45, 7) is 1.69. The first-order valence-electron chi connectivity index (χ1n) is 5.97. The molecule has 6 heteroatoms. The normalized spacial score (nSPS) is 11.9. The van der Waals surface area contributed by atoms with Crippen LogP contribution in [0.2, 0.25) is 10.0 Å². The van der Waals surface area contributed by atoms with Gasteiger partial charge in [-0.05, 0) is 37.3 Å². The molecule has 0 fully saturated rings. The van der Waals surface area contributed by atoms with Gasteiger partial charge >= 0.3 is 0 Å². The minimum Gasteiger partial charge on any atom is -0.482 e. The Morgan fingerprint density at radius 1 is 1.40 bits per heavy atom. The van der Waals surface area contributed by atoms with E-state index in [2.05, 4.69) is 5.32 Å². The second-order valence-corrected chi connectivity index (χ2v) is 5.01. The molecule has 0 saturated heterocycles. The van der Waals surface area contributed by atoms with E-state index >= 15 is 0 Å². The second kappa shape index (κ2) is 6.68. The van der Waals surface area contributed by atoms with Crippen LogP contribution in [-0.2, 0) is 4.79 Å². The Balaban J connectivity index is 1.86. The van der Waals surface area contributed by atoms with Crippen LogP contribution in [0.15, 0.2) is 41.0 Å². The summed E-state index contributed by atoms with van der Waals surface area (Å²) in [5.41, 5.74) is 0. The van der Waals surface area contributed by atoms with Crippen LogP contribution in [0.1, 0.15) is 18.7 Å². The van der Waals surface area contributed by atoms with Crippen molar-refractivity contribution < 1.29 is 13.9 Å². The second-order valence-electron chi connectivity index (χ2n) is 4.17. The van der Waals surface area contributed by atoms with Gasteiger partial charge in [0.25, 0.3) is 5.91 Å². The minimum atomic E-state index is -0.264. The summed E-state index contributed by atoms with van der Waals surface area (Å²) in [6.07, 6.45) is 1.56. The van der Waals surface area contributed by atoms with Crippen LogP contribution in [0.25, 0.3) is 0 Å². The van der Waals surface area contributed by atoms with Gasteiger partial charge < -0.3 is 14.5 Å². The molecule has 0 aliphatic heterocycles. The van der Waals surface area contributed by atoms with Gasteiger partial charge in [-0.15, -0.1) is 0 Å². The minimum absolute atomic E-state index is 0.133. The molecule has 0 bridgehead atoms. The van der Waals surface area contributed by atoms with Gasteiger partial charge in [0.1, 0.15) is 11.5 Å². The van der Waals surface area contributed by atoms with Crippen molar-refractivity contribution in [2.45, 2.75) is 13.0 Å². The third-order valence-electron chi connectivity index (χ3n) is 2.60. The van der Waals surface area contributed by atoms with Gasteiger partial charge in [-0.2, -0.15) is 0 Å². The fourth-order valence-electron chi connectivity index (χ4n) is 1.63. The van der Waals surface area contributed by atoms with Crippen molar-refractivity contribution in [1.82, 2.24) is 5.32 Å². The fraction of sp³-hybridized carbons (Fsp3) is 0.214. The zero-order chi connectivity index (χ0) is 14.5. The van der Waals surface area contributed by atoms with Gasteiger partial charge in [-0.25, -0.2) is 0 Å². The molecule has 1 aromatic heterocycles. The molecule has 1 N–H and O–H groups in total. The van der Waals surface area contributed by atoms with Gasteiger partial charge in [-0.3, -0.25) is 4.79 Å². The zero-order valence-electron chi connectivity index (χ0n) is 10.7. The van der Waals surface area contributed by atoms with Crippen LogP contribution in [0, 0.1) is 0 Å². The van der Waals surface area contributed by atoms with Gasteiger partial charge in [0.2, 0.25) is 0 Å². The van der Waals surface area contributed by atoms with E-state index in [1.807, 2.05) is 6.92 Å². The van der Waals surface area contributed by atoms with Crippen LogP contribution >= 0.6 is 23.2 Å². The molecular formula is C14H13Cl2NO3. The highest BCUT2D eigenvalue weighted by atomic mass is 35.5. The maximum absolute atomic E-state index is 11.8. The first-order valence-corrected chi connectivity index (χ1v) is 6.72. The lowest BCUT2D eigenvalue weighted by Crippen LogP contribution is -2.31. The molecule has 0 radical (unpaired) electrons. The molecule has 1 heterocycles. The van der Waals surface area contributed by atoms with E-state index in [1.165, 1.54) is 0 Å². The van der Waals surface area contributed by atoms with Crippen molar-refractivity contribution in [2.24, 2.45) is 0 Å². The van der Waals surface area contributed by atoms with Gasteiger partial charge in [0.05, 0.1) is 17.3 Å². The van der Waals surface area contributed by atoms with Crippen molar-refractivity contribution in [3.63, 3.8) is 0 Å². The van der Waals surface area contributed by atoms with Crippen LogP contribution in [0.5, 0.6) is 5.75 Å². The largest absolute Gasteiger partial charge is 0.482 e. The molecule has 0 unspecified atom stereocenters. The van der Waals surface area contributed by atoms with Crippen molar-refractivity contribution in [2.75, 3.05) is 6.61 Å². The maximum Gasteiger partial charge on any atom is 0.258 e. The van der Waals surface area contributed by atoms with Gasteiger partial charge in [-0.1, -0.05) is 23.2 Å². The van der Waals surface area contributed by atoms with E-state index in [1.54, 1.807) is 36.6 Å². The predicted molar refractivity (Wildman–Crippen MR) is 77.2 cm³/mol. The SMILES string of the molecule is C[C@@H](NC(=O)COc1ccc(Cl)cc1Cl)c1ccco1. The van der Waals surface area contributed by atoms with E-state index in [-0.39, 0.29) is 18.6 Å². The lowest BCUT2D eigenvalue weighted by atomic mass is 10.2. The molecule has 2 rings (SSSR count). The summed E-state index contributed by atoms with van der Waals surface area (Å²) in [5.74, 6) is 0.833. The molecule has 106 valence electrons. The molecule has 0 aliphatic rings. The number of hydrogen-bond donors (Lipinski definition) is 1. The van der Waals surface area contributed by atoms with Crippen molar-refractivity contribution in [3.8, 4) is 5.75 Å². The molecular weight excluding hydrogens is 301 g/mol. The Morgan fingerprint density at radius 2 is 2.20 bits per heavy atom. The number of ether oxygens (including phenoxy) is 1. The lowest BCUT2D eigenvalue weighted by Gasteiger charge is -2.12. The quantitative estimate of drug-likeness (QED) is 0.912. The van der Waals surface area contributed by atoms with Crippen molar-refractivity contribution >= 4 is 29.1 Å². The van der Waals surface area contributed by atoms with E-state index in [4.69, 9.17) is 32.4 Å². The zero-order valence-corrected chi connectivity index (χ0v) is 12.2. The van der Waals surface area contributed by atoms with Crippen LogP contribution in [0.3, 0.4) is 0 Å². The smallest absolute Gasteiger partial charge is 0.258 e. The number of rotatable bonds is 5. The average molecular weight is 314 g/mol. The number of carbonyl (C=O) groups excluding carboxylic acids is 1. The third-order valence-corrected chi connectivity index (χ3v) is 3.13. The predicted octanol–water partition coefficient (Wildman–Crippen LogP) is 3.84. The summed E-state index contributed by atoms with van der Waals surface area (Å²) in [4.78, 5) is 11.8. The van der Waals surface area contributed by atoms with Gasteiger partial charge in [0.15, 0.2) is 6.61 Å². The average Bonchev–Trinajstić information content (AvgIpc) is 2.91. The molecule has 0 saturated carbocycles. The summed E-state index contributed by atoms with van der Waals surface area (Å²) >= 11 is 11.7. The Kier molecular flexibility index (Phi) is 4.93. The van der Waals surface area contributed by atoms with Crippen molar-refractivity contribution in [1.29, 1.82) is 0 Å². The number of halogens is 2. The molecule has 0 aliphatic carbocycles. The number of carbonyl (C=O) groups is 1. The summed E-state index contributed by atoms with van der Waals surface area (Å²) in [7, 11) is 0. The first-order chi connectivity index (χ1) is 9.56. The molecule has 0 spiro atoms. The molecule has 2 aromatic rings. The standard InChI is InChI=1S/C14H13Cl2NO3/c1-9(12-3-2-6-19-12)17-14(18)8-20-13-5-4-10(15)7-11(13)16/h2-7,9H,8H2,1H3,(H,17,18)/t9-/m1/s1.